The van der Waals surface area contributed by atoms with Crippen molar-refractivity contribution >= 4 is 31.6 Å². The molecule has 0 fully saturated rings. The van der Waals surface area contributed by atoms with Crippen molar-refractivity contribution in [1.29, 1.82) is 0 Å². The van der Waals surface area contributed by atoms with Gasteiger partial charge in [-0.15, -0.1) is 10.2 Å². The van der Waals surface area contributed by atoms with E-state index in [1.54, 1.807) is 0 Å². The Morgan fingerprint density at radius 3 is 1.92 bits per heavy atom. The van der Waals surface area contributed by atoms with Gasteiger partial charge in [-0.05, 0) is 30.3 Å². The fourth-order valence-electron chi connectivity index (χ4n) is 1.66. The minimum atomic E-state index is -4.75. The van der Waals surface area contributed by atoms with E-state index in [0.717, 1.165) is 24.3 Å². The van der Waals surface area contributed by atoms with E-state index in [1.807, 2.05) is 0 Å². The van der Waals surface area contributed by atoms with Crippen molar-refractivity contribution in [2.75, 3.05) is 0 Å². The largest absolute Gasteiger partial charge is 0.508 e. The summed E-state index contributed by atoms with van der Waals surface area (Å²) >= 11 is 0. The summed E-state index contributed by atoms with van der Waals surface area (Å²) in [6, 6.07) is 5.45. The van der Waals surface area contributed by atoms with E-state index in [0.29, 0.717) is 6.07 Å². The third-order valence-corrected chi connectivity index (χ3v) is 4.48. The topological polar surface area (TPSA) is 174 Å². The Bertz CT molecular complexity index is 1030. The normalized spacial score (nSPS) is 12.6. The number of hydrogen-bond acceptors (Lipinski definition) is 8. The molecule has 24 heavy (non-hydrogen) atoms. The van der Waals surface area contributed by atoms with Crippen LogP contribution >= 0.6 is 0 Å². The fraction of sp³-hybridized carbons (Fsp3) is 0. The second-order valence-corrected chi connectivity index (χ2v) is 7.26. The standard InChI is InChI=1S/C12H10N2O8S2/c15-7-1-3-9(11(16)5-7)13-14-10-6-8(23(17,18)19)2-4-12(10)24(20,21)22/h1-6,15-16H,(H,17,18,19)(H,20,21,22)/b14-13+. The lowest BCUT2D eigenvalue weighted by Crippen LogP contribution is -2.02. The number of azo groups is 1. The van der Waals surface area contributed by atoms with E-state index < -0.39 is 41.5 Å². The van der Waals surface area contributed by atoms with Crippen molar-refractivity contribution in [2.24, 2.45) is 10.2 Å². The third-order valence-electron chi connectivity index (χ3n) is 2.73. The molecule has 2 rings (SSSR count). The van der Waals surface area contributed by atoms with E-state index in [9.17, 15) is 21.9 Å². The number of rotatable bonds is 4. The molecule has 4 N–H and O–H groups in total. The molecule has 2 aromatic carbocycles. The van der Waals surface area contributed by atoms with Gasteiger partial charge < -0.3 is 10.2 Å². The molecule has 0 saturated carbocycles. The van der Waals surface area contributed by atoms with E-state index in [1.165, 1.54) is 6.07 Å². The van der Waals surface area contributed by atoms with Crippen LogP contribution in [0, 0.1) is 0 Å². The van der Waals surface area contributed by atoms with Gasteiger partial charge in [0.05, 0.1) is 4.90 Å². The third kappa shape index (κ3) is 4.05. The summed E-state index contributed by atoms with van der Waals surface area (Å²) in [6.07, 6.45) is 0. The van der Waals surface area contributed by atoms with Gasteiger partial charge in [0.25, 0.3) is 20.2 Å². The van der Waals surface area contributed by atoms with Crippen molar-refractivity contribution in [1.82, 2.24) is 0 Å². The SMILES string of the molecule is O=S(=O)(O)c1ccc(S(=O)(=O)O)c(/N=N/c2ccc(O)cc2O)c1. The molecule has 0 aliphatic carbocycles. The molecule has 128 valence electrons. The molecule has 0 atom stereocenters. The van der Waals surface area contributed by atoms with Gasteiger partial charge in [-0.1, -0.05) is 0 Å². The summed E-state index contributed by atoms with van der Waals surface area (Å²) in [4.78, 5) is -1.42. The highest BCUT2D eigenvalue weighted by atomic mass is 32.2. The average Bonchev–Trinajstić information content (AvgIpc) is 2.44. The number of hydrogen-bond donors (Lipinski definition) is 4. The predicted octanol–water partition coefficient (Wildman–Crippen LogP) is 2.01. The molecule has 0 unspecified atom stereocenters. The first-order chi connectivity index (χ1) is 11.0. The van der Waals surface area contributed by atoms with E-state index in [2.05, 4.69) is 10.2 Å². The van der Waals surface area contributed by atoms with Gasteiger partial charge in [0.15, 0.2) is 0 Å². The van der Waals surface area contributed by atoms with Crippen LogP contribution in [-0.2, 0) is 20.2 Å². The smallest absolute Gasteiger partial charge is 0.296 e. The number of benzene rings is 2. The first kappa shape index (κ1) is 17.8. The molecular formula is C12H10N2O8S2. The van der Waals surface area contributed by atoms with Crippen LogP contribution < -0.4 is 0 Å². The number of aromatic hydroxyl groups is 2. The van der Waals surface area contributed by atoms with Crippen molar-refractivity contribution in [3.63, 3.8) is 0 Å². The van der Waals surface area contributed by atoms with E-state index in [4.69, 9.17) is 14.2 Å². The maximum atomic E-state index is 11.3. The first-order valence-corrected chi connectivity index (χ1v) is 8.89. The molecule has 0 amide bonds. The number of phenols is 2. The lowest BCUT2D eigenvalue weighted by molar-refractivity contribution is 0.451. The molecule has 0 aliphatic heterocycles. The summed E-state index contributed by atoms with van der Waals surface area (Å²) in [5, 5.41) is 25.7. The lowest BCUT2D eigenvalue weighted by atomic mass is 10.3. The van der Waals surface area contributed by atoms with Crippen LogP contribution in [-0.4, -0.2) is 36.2 Å². The van der Waals surface area contributed by atoms with Gasteiger partial charge in [-0.2, -0.15) is 16.8 Å². The van der Waals surface area contributed by atoms with Crippen LogP contribution in [0.5, 0.6) is 11.5 Å². The second-order valence-electron chi connectivity index (χ2n) is 4.45. The molecule has 0 heterocycles. The highest BCUT2D eigenvalue weighted by molar-refractivity contribution is 7.86. The van der Waals surface area contributed by atoms with Crippen LogP contribution in [0.4, 0.5) is 11.4 Å². The molecule has 10 nitrogen and oxygen atoms in total. The summed E-state index contributed by atoms with van der Waals surface area (Å²) in [5.74, 6) is -0.725. The summed E-state index contributed by atoms with van der Waals surface area (Å²) in [7, 11) is -9.39. The fourth-order valence-corrected chi connectivity index (χ4v) is 2.76. The molecule has 0 aliphatic rings. The molecule has 0 bridgehead atoms. The lowest BCUT2D eigenvalue weighted by Gasteiger charge is -2.04. The molecule has 0 spiro atoms. The predicted molar refractivity (Wildman–Crippen MR) is 80.0 cm³/mol. The minimum absolute atomic E-state index is 0.161. The Hall–Kier alpha value is -2.54. The van der Waals surface area contributed by atoms with Gasteiger partial charge >= 0.3 is 0 Å². The molecule has 0 saturated heterocycles. The monoisotopic (exact) mass is 374 g/mol. The Morgan fingerprint density at radius 2 is 1.38 bits per heavy atom. The first-order valence-electron chi connectivity index (χ1n) is 6.01. The Kier molecular flexibility index (Phi) is 4.57. The van der Waals surface area contributed by atoms with Crippen LogP contribution in [0.1, 0.15) is 0 Å². The van der Waals surface area contributed by atoms with Gasteiger partial charge in [-0.25, -0.2) is 0 Å². The second kappa shape index (κ2) is 6.16. The van der Waals surface area contributed by atoms with Crippen molar-refractivity contribution in [2.45, 2.75) is 9.79 Å². The number of nitrogens with zero attached hydrogens (tertiary/aromatic N) is 2. The van der Waals surface area contributed by atoms with Gasteiger partial charge in [0.2, 0.25) is 0 Å². The van der Waals surface area contributed by atoms with Gasteiger partial charge in [0, 0.05) is 6.07 Å². The van der Waals surface area contributed by atoms with Gasteiger partial charge in [-0.3, -0.25) is 9.11 Å². The molecule has 2 aromatic rings. The zero-order chi connectivity index (χ0) is 18.1. The maximum absolute atomic E-state index is 11.3. The van der Waals surface area contributed by atoms with Crippen LogP contribution in [0.3, 0.4) is 0 Å². The zero-order valence-electron chi connectivity index (χ0n) is 11.6. The van der Waals surface area contributed by atoms with Crippen molar-refractivity contribution in [3.05, 3.63) is 36.4 Å². The molecule has 12 heteroatoms. The molecular weight excluding hydrogens is 364 g/mol. The van der Waals surface area contributed by atoms with Crippen molar-refractivity contribution in [3.8, 4) is 11.5 Å². The van der Waals surface area contributed by atoms with E-state index >= 15 is 0 Å². The Balaban J connectivity index is 2.60. The quantitative estimate of drug-likeness (QED) is 0.464. The molecule has 0 radical (unpaired) electrons. The summed E-state index contributed by atoms with van der Waals surface area (Å²) < 4.78 is 62.9. The van der Waals surface area contributed by atoms with Gasteiger partial charge in [0.1, 0.15) is 27.8 Å². The highest BCUT2D eigenvalue weighted by Crippen LogP contribution is 2.33. The van der Waals surface area contributed by atoms with Crippen LogP contribution in [0.25, 0.3) is 0 Å². The maximum Gasteiger partial charge on any atom is 0.296 e. The summed E-state index contributed by atoms with van der Waals surface area (Å²) in [5.41, 5.74) is -0.744. The zero-order valence-corrected chi connectivity index (χ0v) is 13.2. The Morgan fingerprint density at radius 1 is 0.750 bits per heavy atom. The Labute approximate surface area is 136 Å². The minimum Gasteiger partial charge on any atom is -0.508 e. The molecule has 0 aromatic heterocycles. The van der Waals surface area contributed by atoms with Crippen molar-refractivity contribution < 1.29 is 36.2 Å². The van der Waals surface area contributed by atoms with E-state index in [-0.39, 0.29) is 11.4 Å². The number of phenolic OH excluding ortho intramolecular Hbond substituents is 2. The highest BCUT2D eigenvalue weighted by Gasteiger charge is 2.20. The average molecular weight is 374 g/mol. The van der Waals surface area contributed by atoms with Crippen LogP contribution in [0.15, 0.2) is 56.4 Å². The van der Waals surface area contributed by atoms with Crippen LogP contribution in [0.2, 0.25) is 0 Å². The summed E-state index contributed by atoms with van der Waals surface area (Å²) in [6.45, 7) is 0.